The fourth-order valence-electron chi connectivity index (χ4n) is 0.754. The van der Waals surface area contributed by atoms with Gasteiger partial charge in [-0.25, -0.2) is 0 Å². The van der Waals surface area contributed by atoms with Crippen molar-refractivity contribution in [2.24, 2.45) is 5.92 Å². The van der Waals surface area contributed by atoms with Crippen LogP contribution in [0.3, 0.4) is 0 Å². The smallest absolute Gasteiger partial charge is 0.0102 e. The normalized spacial score (nSPS) is 16.7. The molecule has 0 amide bonds. The molecule has 2 unspecified atom stereocenters. The largest absolute Gasteiger partial charge is 0.772 e. The minimum absolute atomic E-state index is 0.324. The van der Waals surface area contributed by atoms with E-state index in [4.69, 9.17) is 0 Å². The Morgan fingerprint density at radius 1 is 1.60 bits per heavy atom. The van der Waals surface area contributed by atoms with Gasteiger partial charge in [-0.2, -0.15) is 0 Å². The van der Waals surface area contributed by atoms with Gasteiger partial charge in [0.05, 0.1) is 0 Å². The Bertz CT molecular complexity index is 104. The van der Waals surface area contributed by atoms with Crippen molar-refractivity contribution in [3.05, 3.63) is 0 Å². The molecule has 2 nitrogen and oxygen atoms in total. The van der Waals surface area contributed by atoms with Crippen molar-refractivity contribution in [2.45, 2.75) is 33.1 Å². The van der Waals surface area contributed by atoms with Gasteiger partial charge in [0.1, 0.15) is 0 Å². The van der Waals surface area contributed by atoms with E-state index in [9.17, 15) is 8.76 Å². The van der Waals surface area contributed by atoms with Gasteiger partial charge in [0.2, 0.25) is 0 Å². The zero-order valence-electron chi connectivity index (χ0n) is 6.63. The third-order valence-electron chi connectivity index (χ3n) is 1.70. The van der Waals surface area contributed by atoms with Crippen LogP contribution in [0.4, 0.5) is 0 Å². The molecule has 0 aliphatic heterocycles. The van der Waals surface area contributed by atoms with Crippen molar-refractivity contribution >= 4 is 11.1 Å². The molecule has 0 rings (SSSR count). The molecule has 0 saturated heterocycles. The molecule has 0 fully saturated rings. The first-order valence-corrected chi connectivity index (χ1v) is 4.97. The van der Waals surface area contributed by atoms with Gasteiger partial charge in [0, 0.05) is 5.75 Å². The lowest BCUT2D eigenvalue weighted by Crippen LogP contribution is -1.99. The van der Waals surface area contributed by atoms with E-state index in [1.54, 1.807) is 0 Å². The zero-order chi connectivity index (χ0) is 7.98. The molecule has 0 bridgehead atoms. The molecule has 0 aromatic carbocycles. The molecule has 0 radical (unpaired) electrons. The van der Waals surface area contributed by atoms with Crippen LogP contribution >= 0.6 is 0 Å². The van der Waals surface area contributed by atoms with E-state index in [-0.39, 0.29) is 0 Å². The molecule has 0 aromatic heterocycles. The van der Waals surface area contributed by atoms with Crippen LogP contribution in [-0.4, -0.2) is 14.5 Å². The van der Waals surface area contributed by atoms with Crippen molar-refractivity contribution < 1.29 is 8.76 Å². The molecule has 0 spiro atoms. The Morgan fingerprint density at radius 2 is 2.20 bits per heavy atom. The molecule has 0 heterocycles. The maximum absolute atomic E-state index is 10.1. The summed E-state index contributed by atoms with van der Waals surface area (Å²) in [6.45, 7) is 4.27. The Morgan fingerprint density at radius 3 is 2.60 bits per heavy atom. The van der Waals surface area contributed by atoms with E-state index in [1.165, 1.54) is 0 Å². The highest BCUT2D eigenvalue weighted by atomic mass is 32.2. The van der Waals surface area contributed by atoms with Crippen molar-refractivity contribution in [2.75, 3.05) is 5.75 Å². The van der Waals surface area contributed by atoms with Crippen molar-refractivity contribution in [3.63, 3.8) is 0 Å². The van der Waals surface area contributed by atoms with Gasteiger partial charge in [-0.15, -0.1) is 0 Å². The second kappa shape index (κ2) is 5.86. The Balaban J connectivity index is 3.11. The third-order valence-corrected chi connectivity index (χ3v) is 2.33. The first-order valence-electron chi connectivity index (χ1n) is 3.72. The molecule has 62 valence electrons. The average Bonchev–Trinajstić information content (AvgIpc) is 1.87. The molecule has 0 aliphatic carbocycles. The van der Waals surface area contributed by atoms with Crippen molar-refractivity contribution in [3.8, 4) is 0 Å². The predicted molar refractivity (Wildman–Crippen MR) is 42.5 cm³/mol. The van der Waals surface area contributed by atoms with Gasteiger partial charge >= 0.3 is 0 Å². The second-order valence-electron chi connectivity index (χ2n) is 2.66. The van der Waals surface area contributed by atoms with Crippen LogP contribution in [0.1, 0.15) is 33.1 Å². The maximum atomic E-state index is 10.1. The van der Waals surface area contributed by atoms with E-state index in [0.717, 1.165) is 19.3 Å². The molecule has 2 atom stereocenters. The highest BCUT2D eigenvalue weighted by molar-refractivity contribution is 7.79. The van der Waals surface area contributed by atoms with E-state index in [2.05, 4.69) is 13.8 Å². The summed E-state index contributed by atoms with van der Waals surface area (Å²) in [5, 5.41) is 0. The van der Waals surface area contributed by atoms with Crippen LogP contribution < -0.4 is 0 Å². The summed E-state index contributed by atoms with van der Waals surface area (Å²) in [5.74, 6) is 0.994. The zero-order valence-corrected chi connectivity index (χ0v) is 7.45. The van der Waals surface area contributed by atoms with Gasteiger partial charge < -0.3 is 4.55 Å². The minimum atomic E-state index is -1.83. The summed E-state index contributed by atoms with van der Waals surface area (Å²) in [7, 11) is 0. The molecule has 0 saturated carbocycles. The van der Waals surface area contributed by atoms with Crippen LogP contribution in [0.15, 0.2) is 0 Å². The summed E-state index contributed by atoms with van der Waals surface area (Å²) in [5.41, 5.74) is 0. The SMILES string of the molecule is CCC(C)CCCS(=O)[O-]. The molecule has 0 aliphatic rings. The maximum Gasteiger partial charge on any atom is 0.0102 e. The van der Waals surface area contributed by atoms with Crippen LogP contribution in [-0.2, 0) is 11.1 Å². The Labute approximate surface area is 65.3 Å². The second-order valence-corrected chi connectivity index (χ2v) is 3.68. The monoisotopic (exact) mass is 163 g/mol. The predicted octanol–water partition coefficient (Wildman–Crippen LogP) is 1.69. The Kier molecular flexibility index (Phi) is 5.93. The quantitative estimate of drug-likeness (QED) is 0.579. The average molecular weight is 163 g/mol. The standard InChI is InChI=1S/C7H16O2S/c1-3-7(2)5-4-6-10(8)9/h7H,3-6H2,1-2H3,(H,8,9)/p-1. The summed E-state index contributed by atoms with van der Waals surface area (Å²) in [6.07, 6.45) is 2.99. The van der Waals surface area contributed by atoms with E-state index >= 15 is 0 Å². The van der Waals surface area contributed by atoms with Crippen LogP contribution in [0, 0.1) is 5.92 Å². The fourth-order valence-corrected chi connectivity index (χ4v) is 1.16. The molecular weight excluding hydrogens is 148 g/mol. The minimum Gasteiger partial charge on any atom is -0.772 e. The van der Waals surface area contributed by atoms with Gasteiger partial charge in [-0.3, -0.25) is 4.21 Å². The lowest BCUT2D eigenvalue weighted by molar-refractivity contribution is 0.497. The first-order chi connectivity index (χ1) is 4.66. The van der Waals surface area contributed by atoms with Gasteiger partial charge in [0.15, 0.2) is 0 Å². The molecule has 0 aromatic rings. The van der Waals surface area contributed by atoms with Gasteiger partial charge in [-0.1, -0.05) is 31.3 Å². The number of hydrogen-bond donors (Lipinski definition) is 0. The molecular formula is C7H15O2S-. The van der Waals surface area contributed by atoms with Crippen molar-refractivity contribution in [1.29, 1.82) is 0 Å². The molecule has 3 heteroatoms. The highest BCUT2D eigenvalue weighted by Gasteiger charge is 1.96. The first kappa shape index (κ1) is 10.1. The van der Waals surface area contributed by atoms with Gasteiger partial charge in [0.25, 0.3) is 0 Å². The van der Waals surface area contributed by atoms with E-state index < -0.39 is 11.1 Å². The molecule has 0 N–H and O–H groups in total. The Hall–Kier alpha value is 0.110. The fraction of sp³-hybridized carbons (Fsp3) is 1.00. The number of rotatable bonds is 5. The van der Waals surface area contributed by atoms with Gasteiger partial charge in [-0.05, 0) is 18.8 Å². The van der Waals surface area contributed by atoms with Crippen LogP contribution in [0.5, 0.6) is 0 Å². The van der Waals surface area contributed by atoms with Crippen LogP contribution in [0.2, 0.25) is 0 Å². The summed E-state index contributed by atoms with van der Waals surface area (Å²) >= 11 is -1.83. The third kappa shape index (κ3) is 6.23. The van der Waals surface area contributed by atoms with E-state index in [1.807, 2.05) is 0 Å². The molecule has 10 heavy (non-hydrogen) atoms. The summed E-state index contributed by atoms with van der Waals surface area (Å²) in [6, 6.07) is 0. The lowest BCUT2D eigenvalue weighted by atomic mass is 10.0. The summed E-state index contributed by atoms with van der Waals surface area (Å²) in [4.78, 5) is 0. The van der Waals surface area contributed by atoms with E-state index in [0.29, 0.717) is 11.7 Å². The van der Waals surface area contributed by atoms with Crippen molar-refractivity contribution in [1.82, 2.24) is 0 Å². The van der Waals surface area contributed by atoms with Crippen LogP contribution in [0.25, 0.3) is 0 Å². The summed E-state index contributed by atoms with van der Waals surface area (Å²) < 4.78 is 20.1. The topological polar surface area (TPSA) is 40.1 Å². The highest BCUT2D eigenvalue weighted by Crippen LogP contribution is 2.08. The number of hydrogen-bond acceptors (Lipinski definition) is 2. The lowest BCUT2D eigenvalue weighted by Gasteiger charge is -2.08.